The minimum atomic E-state index is -0.436. The van der Waals surface area contributed by atoms with Gasteiger partial charge in [-0.25, -0.2) is 0 Å². The molecule has 1 aromatic heterocycles. The molecule has 3 rings (SSSR count). The number of aromatic hydroxyl groups is 1. The van der Waals surface area contributed by atoms with Crippen LogP contribution in [0.3, 0.4) is 0 Å². The summed E-state index contributed by atoms with van der Waals surface area (Å²) in [7, 11) is 0. The molecule has 4 heteroatoms. The normalized spacial score (nSPS) is 10.7. The molecule has 1 heterocycles. The van der Waals surface area contributed by atoms with Crippen LogP contribution in [-0.2, 0) is 0 Å². The largest absolute Gasteiger partial charge is 0.502 e. The van der Waals surface area contributed by atoms with Gasteiger partial charge in [0.05, 0.1) is 5.39 Å². The average Bonchev–Trinajstić information content (AvgIpc) is 2.44. The number of anilines is 1. The zero-order chi connectivity index (χ0) is 13.4. The molecule has 0 unspecified atom stereocenters. The second-order valence-corrected chi connectivity index (χ2v) is 4.23. The van der Waals surface area contributed by atoms with Crippen LogP contribution in [0.15, 0.2) is 57.7 Å². The quantitative estimate of drug-likeness (QED) is 0.654. The van der Waals surface area contributed by atoms with Gasteiger partial charge in [0, 0.05) is 11.3 Å². The van der Waals surface area contributed by atoms with Crippen molar-refractivity contribution >= 4 is 16.7 Å². The number of nitrogens with two attached hydrogens (primary N) is 1. The Morgan fingerprint density at radius 1 is 1.00 bits per heavy atom. The van der Waals surface area contributed by atoms with Crippen LogP contribution in [0.4, 0.5) is 5.69 Å². The molecule has 0 saturated carbocycles. The molecule has 0 aliphatic rings. The molecule has 0 bridgehead atoms. The van der Waals surface area contributed by atoms with Crippen molar-refractivity contribution in [1.29, 1.82) is 0 Å². The molecule has 0 fully saturated rings. The third-order valence-electron chi connectivity index (χ3n) is 2.95. The van der Waals surface area contributed by atoms with Gasteiger partial charge >= 0.3 is 0 Å². The van der Waals surface area contributed by atoms with Gasteiger partial charge in [0.1, 0.15) is 5.58 Å². The summed E-state index contributed by atoms with van der Waals surface area (Å²) in [6.07, 6.45) is 0. The highest BCUT2D eigenvalue weighted by Gasteiger charge is 2.14. The van der Waals surface area contributed by atoms with E-state index in [4.69, 9.17) is 10.2 Å². The predicted octanol–water partition coefficient (Wildman–Crippen LogP) is 2.75. The van der Waals surface area contributed by atoms with Crippen LogP contribution in [0.2, 0.25) is 0 Å². The number of hydrogen-bond acceptors (Lipinski definition) is 4. The van der Waals surface area contributed by atoms with Gasteiger partial charge in [-0.15, -0.1) is 0 Å². The van der Waals surface area contributed by atoms with E-state index in [2.05, 4.69) is 0 Å². The monoisotopic (exact) mass is 253 g/mol. The third kappa shape index (κ3) is 1.83. The summed E-state index contributed by atoms with van der Waals surface area (Å²) in [4.78, 5) is 12.1. The molecular weight excluding hydrogens is 242 g/mol. The maximum absolute atomic E-state index is 12.1. The van der Waals surface area contributed by atoms with Crippen LogP contribution in [0, 0.1) is 0 Å². The van der Waals surface area contributed by atoms with E-state index in [0.717, 1.165) is 0 Å². The average molecular weight is 253 g/mol. The van der Waals surface area contributed by atoms with Gasteiger partial charge in [-0.1, -0.05) is 12.1 Å². The Hall–Kier alpha value is -2.75. The van der Waals surface area contributed by atoms with Crippen molar-refractivity contribution in [1.82, 2.24) is 0 Å². The Labute approximate surface area is 108 Å². The predicted molar refractivity (Wildman–Crippen MR) is 74.0 cm³/mol. The van der Waals surface area contributed by atoms with Gasteiger partial charge in [-0.3, -0.25) is 4.79 Å². The molecule has 2 aromatic carbocycles. The SMILES string of the molecule is Nc1ccc(-c2oc3ccccc3c(=O)c2O)cc1. The van der Waals surface area contributed by atoms with E-state index in [0.29, 0.717) is 22.2 Å². The maximum atomic E-state index is 12.1. The minimum Gasteiger partial charge on any atom is -0.502 e. The van der Waals surface area contributed by atoms with E-state index >= 15 is 0 Å². The van der Waals surface area contributed by atoms with Crippen molar-refractivity contribution in [2.45, 2.75) is 0 Å². The first kappa shape index (κ1) is 11.3. The van der Waals surface area contributed by atoms with Crippen LogP contribution >= 0.6 is 0 Å². The molecule has 3 aromatic rings. The molecule has 0 atom stereocenters. The lowest BCUT2D eigenvalue weighted by Crippen LogP contribution is -2.02. The van der Waals surface area contributed by atoms with Crippen molar-refractivity contribution in [2.24, 2.45) is 0 Å². The lowest BCUT2D eigenvalue weighted by Gasteiger charge is -2.06. The Balaban J connectivity index is 2.33. The Morgan fingerprint density at radius 3 is 2.42 bits per heavy atom. The van der Waals surface area contributed by atoms with Gasteiger partial charge in [0.25, 0.3) is 0 Å². The Bertz CT molecular complexity index is 804. The van der Waals surface area contributed by atoms with Crippen LogP contribution in [0.25, 0.3) is 22.3 Å². The zero-order valence-electron chi connectivity index (χ0n) is 9.96. The summed E-state index contributed by atoms with van der Waals surface area (Å²) >= 11 is 0. The second-order valence-electron chi connectivity index (χ2n) is 4.23. The third-order valence-corrected chi connectivity index (χ3v) is 2.95. The zero-order valence-corrected chi connectivity index (χ0v) is 9.96. The van der Waals surface area contributed by atoms with Gasteiger partial charge < -0.3 is 15.3 Å². The van der Waals surface area contributed by atoms with Crippen molar-refractivity contribution in [3.63, 3.8) is 0 Å². The van der Waals surface area contributed by atoms with E-state index in [9.17, 15) is 9.90 Å². The van der Waals surface area contributed by atoms with Gasteiger partial charge in [0.15, 0.2) is 5.76 Å². The molecule has 4 nitrogen and oxygen atoms in total. The lowest BCUT2D eigenvalue weighted by molar-refractivity contribution is 0.449. The van der Waals surface area contributed by atoms with Crippen molar-refractivity contribution < 1.29 is 9.52 Å². The first-order valence-electron chi connectivity index (χ1n) is 5.77. The minimum absolute atomic E-state index is 0.156. The summed E-state index contributed by atoms with van der Waals surface area (Å²) in [5.74, 6) is -0.229. The van der Waals surface area contributed by atoms with Gasteiger partial charge in [-0.05, 0) is 36.4 Å². The van der Waals surface area contributed by atoms with Gasteiger partial charge in [-0.2, -0.15) is 0 Å². The van der Waals surface area contributed by atoms with Crippen molar-refractivity contribution in [3.05, 3.63) is 58.8 Å². The summed E-state index contributed by atoms with van der Waals surface area (Å²) in [6.45, 7) is 0. The van der Waals surface area contributed by atoms with E-state index in [1.165, 1.54) is 0 Å². The molecule has 3 N–H and O–H groups in total. The highest BCUT2D eigenvalue weighted by atomic mass is 16.4. The maximum Gasteiger partial charge on any atom is 0.235 e. The summed E-state index contributed by atoms with van der Waals surface area (Å²) < 4.78 is 5.61. The molecule has 0 saturated heterocycles. The van der Waals surface area contributed by atoms with Gasteiger partial charge in [0.2, 0.25) is 11.2 Å². The van der Waals surface area contributed by atoms with E-state index < -0.39 is 5.43 Å². The van der Waals surface area contributed by atoms with E-state index in [1.807, 2.05) is 0 Å². The number of fused-ring (bicyclic) bond motifs is 1. The number of nitrogen functional groups attached to an aromatic ring is 1. The molecule has 19 heavy (non-hydrogen) atoms. The molecule has 0 aliphatic carbocycles. The molecule has 0 amide bonds. The second kappa shape index (κ2) is 4.17. The summed E-state index contributed by atoms with van der Waals surface area (Å²) in [6, 6.07) is 13.6. The van der Waals surface area contributed by atoms with E-state index in [-0.39, 0.29) is 11.5 Å². The summed E-state index contributed by atoms with van der Waals surface area (Å²) in [5.41, 5.74) is 6.82. The fraction of sp³-hybridized carbons (Fsp3) is 0. The number of hydrogen-bond donors (Lipinski definition) is 2. The van der Waals surface area contributed by atoms with Crippen molar-refractivity contribution in [3.8, 4) is 17.1 Å². The number of rotatable bonds is 1. The fourth-order valence-electron chi connectivity index (χ4n) is 1.96. The molecular formula is C15H11NO3. The van der Waals surface area contributed by atoms with Crippen LogP contribution in [-0.4, -0.2) is 5.11 Å². The topological polar surface area (TPSA) is 76.5 Å². The fourth-order valence-corrected chi connectivity index (χ4v) is 1.96. The first-order valence-corrected chi connectivity index (χ1v) is 5.77. The lowest BCUT2D eigenvalue weighted by atomic mass is 10.1. The van der Waals surface area contributed by atoms with Crippen LogP contribution < -0.4 is 11.2 Å². The molecule has 0 radical (unpaired) electrons. The standard InChI is InChI=1S/C15H11NO3/c16-10-7-5-9(6-8-10)15-14(18)13(17)11-3-1-2-4-12(11)19-15/h1-8,18H,16H2. The van der Waals surface area contributed by atoms with Crippen LogP contribution in [0.5, 0.6) is 5.75 Å². The molecule has 0 aliphatic heterocycles. The molecule has 0 spiro atoms. The van der Waals surface area contributed by atoms with Crippen LogP contribution in [0.1, 0.15) is 0 Å². The smallest absolute Gasteiger partial charge is 0.235 e. The summed E-state index contributed by atoms with van der Waals surface area (Å²) in [5, 5.41) is 10.3. The first-order chi connectivity index (χ1) is 9.16. The highest BCUT2D eigenvalue weighted by Crippen LogP contribution is 2.30. The number of para-hydroxylation sites is 1. The molecule has 94 valence electrons. The Kier molecular flexibility index (Phi) is 2.49. The van der Waals surface area contributed by atoms with Crippen molar-refractivity contribution in [2.75, 3.05) is 5.73 Å². The number of benzene rings is 2. The van der Waals surface area contributed by atoms with E-state index in [1.54, 1.807) is 48.5 Å². The Morgan fingerprint density at radius 2 is 1.68 bits per heavy atom. The highest BCUT2D eigenvalue weighted by molar-refractivity contribution is 5.81.